The van der Waals surface area contributed by atoms with Crippen LogP contribution < -0.4 is 4.90 Å². The number of fused-ring (bicyclic) bond motifs is 1. The number of rotatable bonds is 4. The van der Waals surface area contributed by atoms with Crippen molar-refractivity contribution in [2.75, 3.05) is 23.0 Å². The molecule has 2 aliphatic rings. The molecule has 1 aromatic rings. The van der Waals surface area contributed by atoms with Crippen molar-refractivity contribution in [2.45, 2.75) is 51.7 Å². The molecular weight excluding hydrogens is 324 g/mol. The molecule has 0 spiro atoms. The van der Waals surface area contributed by atoms with Gasteiger partial charge >= 0.3 is 0 Å². The van der Waals surface area contributed by atoms with E-state index < -0.39 is 9.84 Å². The van der Waals surface area contributed by atoms with Crippen LogP contribution in [-0.2, 0) is 21.1 Å². The zero-order valence-electron chi connectivity index (χ0n) is 14.6. The molecule has 2 aliphatic heterocycles. The number of anilines is 1. The second kappa shape index (κ2) is 6.48. The number of carbonyl (C=O) groups is 1. The molecule has 24 heavy (non-hydrogen) atoms. The summed E-state index contributed by atoms with van der Waals surface area (Å²) in [5, 5.41) is 0. The molecule has 2 heterocycles. The number of piperazine rings is 1. The van der Waals surface area contributed by atoms with Crippen LogP contribution in [0.1, 0.15) is 32.8 Å². The molecule has 0 N–H and O–H groups in total. The third-order valence-corrected chi connectivity index (χ3v) is 7.12. The van der Waals surface area contributed by atoms with Gasteiger partial charge in [-0.15, -0.1) is 0 Å². The minimum absolute atomic E-state index is 0.00195. The Hall–Kier alpha value is -1.40. The van der Waals surface area contributed by atoms with E-state index in [4.69, 9.17) is 0 Å². The molecule has 2 saturated heterocycles. The van der Waals surface area contributed by atoms with E-state index in [1.54, 1.807) is 4.90 Å². The molecule has 3 rings (SSSR count). The van der Waals surface area contributed by atoms with Gasteiger partial charge in [-0.3, -0.25) is 9.69 Å². The number of aryl methyl sites for hydroxylation is 1. The third-order valence-electron chi connectivity index (χ3n) is 5.42. The van der Waals surface area contributed by atoms with Gasteiger partial charge in [0.25, 0.3) is 0 Å². The zero-order chi connectivity index (χ0) is 17.5. The van der Waals surface area contributed by atoms with Gasteiger partial charge in [-0.05, 0) is 37.5 Å². The maximum absolute atomic E-state index is 12.8. The molecule has 132 valence electrons. The lowest BCUT2D eigenvalue weighted by molar-refractivity contribution is -0.124. The van der Waals surface area contributed by atoms with Crippen molar-refractivity contribution in [3.05, 3.63) is 29.8 Å². The first kappa shape index (κ1) is 17.4. The van der Waals surface area contributed by atoms with Crippen LogP contribution in [0.15, 0.2) is 24.3 Å². The number of hydrogen-bond acceptors (Lipinski definition) is 4. The average molecular weight is 350 g/mol. The second-order valence-corrected chi connectivity index (χ2v) is 9.08. The Morgan fingerprint density at radius 3 is 2.33 bits per heavy atom. The maximum Gasteiger partial charge on any atom is 0.241 e. The van der Waals surface area contributed by atoms with E-state index in [0.29, 0.717) is 6.54 Å². The number of sulfone groups is 1. The molecule has 5 nitrogen and oxygen atoms in total. The summed E-state index contributed by atoms with van der Waals surface area (Å²) >= 11 is 0. The summed E-state index contributed by atoms with van der Waals surface area (Å²) in [6, 6.07) is 7.74. The average Bonchev–Trinajstić information content (AvgIpc) is 2.88. The van der Waals surface area contributed by atoms with Gasteiger partial charge in [-0.2, -0.15) is 0 Å². The molecule has 0 saturated carbocycles. The van der Waals surface area contributed by atoms with Gasteiger partial charge in [0.2, 0.25) is 5.91 Å². The summed E-state index contributed by atoms with van der Waals surface area (Å²) in [6.45, 7) is 6.52. The smallest absolute Gasteiger partial charge is 0.241 e. The first-order valence-corrected chi connectivity index (χ1v) is 10.6. The SMILES string of the molecule is CCc1ccc(N2C(=O)CN(C(C)CC)[C@H]3CS(=O)(=O)C[C@H]32)cc1. The van der Waals surface area contributed by atoms with Crippen molar-refractivity contribution >= 4 is 21.4 Å². The fraction of sp³-hybridized carbons (Fsp3) is 0.611. The van der Waals surface area contributed by atoms with E-state index in [1.807, 2.05) is 24.3 Å². The molecule has 3 atom stereocenters. The number of carbonyl (C=O) groups excluding carboxylic acids is 1. The molecule has 0 bridgehead atoms. The molecule has 6 heteroatoms. The van der Waals surface area contributed by atoms with Crippen LogP contribution in [0, 0.1) is 0 Å². The lowest BCUT2D eigenvalue weighted by Gasteiger charge is -2.45. The largest absolute Gasteiger partial charge is 0.306 e. The van der Waals surface area contributed by atoms with E-state index in [2.05, 4.69) is 25.7 Å². The van der Waals surface area contributed by atoms with Crippen molar-refractivity contribution in [1.29, 1.82) is 0 Å². The highest BCUT2D eigenvalue weighted by Crippen LogP contribution is 2.33. The van der Waals surface area contributed by atoms with Crippen LogP contribution in [0.3, 0.4) is 0 Å². The third kappa shape index (κ3) is 3.09. The number of benzene rings is 1. The zero-order valence-corrected chi connectivity index (χ0v) is 15.4. The number of nitrogens with zero attached hydrogens (tertiary/aromatic N) is 2. The monoisotopic (exact) mass is 350 g/mol. The van der Waals surface area contributed by atoms with Crippen molar-refractivity contribution in [3.8, 4) is 0 Å². The quantitative estimate of drug-likeness (QED) is 0.832. The summed E-state index contributed by atoms with van der Waals surface area (Å²) in [6.07, 6.45) is 1.85. The highest BCUT2D eigenvalue weighted by Gasteiger charge is 2.50. The molecular formula is C18H26N2O3S. The molecule has 2 fully saturated rings. The summed E-state index contributed by atoms with van der Waals surface area (Å²) in [4.78, 5) is 16.6. The van der Waals surface area contributed by atoms with E-state index >= 15 is 0 Å². The van der Waals surface area contributed by atoms with Gasteiger partial charge in [0.1, 0.15) is 0 Å². The van der Waals surface area contributed by atoms with Gasteiger partial charge in [0.05, 0.1) is 24.1 Å². The van der Waals surface area contributed by atoms with Gasteiger partial charge in [-0.25, -0.2) is 8.42 Å². The van der Waals surface area contributed by atoms with E-state index in [9.17, 15) is 13.2 Å². The van der Waals surface area contributed by atoms with Crippen molar-refractivity contribution in [2.24, 2.45) is 0 Å². The minimum atomic E-state index is -3.12. The fourth-order valence-corrected chi connectivity index (χ4v) is 5.82. The number of hydrogen-bond donors (Lipinski definition) is 0. The minimum Gasteiger partial charge on any atom is -0.306 e. The molecule has 0 radical (unpaired) electrons. The van der Waals surface area contributed by atoms with E-state index in [1.165, 1.54) is 5.56 Å². The standard InChI is InChI=1S/C18H26N2O3S/c1-4-13(3)19-10-18(21)20(15-8-6-14(5-2)7-9-15)17-12-24(22,23)11-16(17)19/h6-9,13,16-17H,4-5,10-12H2,1-3H3/t13?,16-,17+/m0/s1. The normalized spacial score (nSPS) is 28.0. The first-order chi connectivity index (χ1) is 11.4. The van der Waals surface area contributed by atoms with Crippen LogP contribution in [0.2, 0.25) is 0 Å². The Bertz CT molecular complexity index is 714. The molecule has 1 amide bonds. The predicted octanol–water partition coefficient (Wildman–Crippen LogP) is 1.86. The van der Waals surface area contributed by atoms with Gasteiger partial charge in [-0.1, -0.05) is 26.0 Å². The Labute approximate surface area is 144 Å². The van der Waals surface area contributed by atoms with Crippen LogP contribution in [0.5, 0.6) is 0 Å². The summed E-state index contributed by atoms with van der Waals surface area (Å²) in [5.41, 5.74) is 2.02. The van der Waals surface area contributed by atoms with Crippen molar-refractivity contribution in [1.82, 2.24) is 4.90 Å². The molecule has 0 aliphatic carbocycles. The lowest BCUT2D eigenvalue weighted by atomic mass is 10.00. The van der Waals surface area contributed by atoms with Crippen molar-refractivity contribution in [3.63, 3.8) is 0 Å². The number of amides is 1. The Morgan fingerprint density at radius 1 is 1.12 bits per heavy atom. The van der Waals surface area contributed by atoms with E-state index in [0.717, 1.165) is 18.5 Å². The highest BCUT2D eigenvalue weighted by atomic mass is 32.2. The Morgan fingerprint density at radius 2 is 1.75 bits per heavy atom. The van der Waals surface area contributed by atoms with E-state index in [-0.39, 0.29) is 35.5 Å². The highest BCUT2D eigenvalue weighted by molar-refractivity contribution is 7.91. The second-order valence-electron chi connectivity index (χ2n) is 6.92. The topological polar surface area (TPSA) is 57.7 Å². The Kier molecular flexibility index (Phi) is 4.71. The predicted molar refractivity (Wildman–Crippen MR) is 96.0 cm³/mol. The van der Waals surface area contributed by atoms with Gasteiger partial charge in [0.15, 0.2) is 9.84 Å². The van der Waals surface area contributed by atoms with Gasteiger partial charge < -0.3 is 4.90 Å². The lowest BCUT2D eigenvalue weighted by Crippen LogP contribution is -2.63. The molecule has 0 aromatic heterocycles. The molecule has 1 aromatic carbocycles. The first-order valence-electron chi connectivity index (χ1n) is 8.73. The fourth-order valence-electron chi connectivity index (χ4n) is 3.85. The van der Waals surface area contributed by atoms with Crippen LogP contribution in [0.25, 0.3) is 0 Å². The van der Waals surface area contributed by atoms with Crippen LogP contribution in [0.4, 0.5) is 5.69 Å². The van der Waals surface area contributed by atoms with Gasteiger partial charge in [0, 0.05) is 17.8 Å². The summed E-state index contributed by atoms with van der Waals surface area (Å²) in [5.74, 6) is 0.211. The maximum atomic E-state index is 12.8. The van der Waals surface area contributed by atoms with Crippen LogP contribution in [-0.4, -0.2) is 55.4 Å². The molecule has 1 unspecified atom stereocenters. The van der Waals surface area contributed by atoms with Crippen molar-refractivity contribution < 1.29 is 13.2 Å². The Balaban J connectivity index is 1.97. The van der Waals surface area contributed by atoms with Crippen LogP contribution >= 0.6 is 0 Å². The summed E-state index contributed by atoms with van der Waals surface area (Å²) < 4.78 is 24.5. The summed E-state index contributed by atoms with van der Waals surface area (Å²) in [7, 11) is -3.12.